The van der Waals surface area contributed by atoms with E-state index < -0.39 is 12.0 Å². The van der Waals surface area contributed by atoms with Crippen LogP contribution in [-0.2, 0) is 23.9 Å². The molecule has 1 aromatic carbocycles. The van der Waals surface area contributed by atoms with Crippen LogP contribution in [0.4, 0.5) is 17.6 Å². The normalized spacial score (nSPS) is 11.8. The molecule has 0 saturated carbocycles. The number of aromatic nitrogens is 4. The van der Waals surface area contributed by atoms with Crippen molar-refractivity contribution in [3.05, 3.63) is 57.9 Å². The molecule has 0 atom stereocenters. The molecular formula is C18H17F4N5O. The fourth-order valence-corrected chi connectivity index (χ4v) is 2.82. The van der Waals surface area contributed by atoms with Gasteiger partial charge in [0.05, 0.1) is 6.42 Å². The Morgan fingerprint density at radius 1 is 1.18 bits per heavy atom. The van der Waals surface area contributed by atoms with Gasteiger partial charge in [-0.2, -0.15) is 18.2 Å². The summed E-state index contributed by atoms with van der Waals surface area (Å²) in [5, 5.41) is 6.17. The lowest BCUT2D eigenvalue weighted by Crippen LogP contribution is -2.26. The van der Waals surface area contributed by atoms with Gasteiger partial charge in [-0.1, -0.05) is 12.1 Å². The maximum absolute atomic E-state index is 13.3. The molecule has 0 aliphatic heterocycles. The van der Waals surface area contributed by atoms with Crippen molar-refractivity contribution >= 4 is 11.7 Å². The number of hydrogen-bond donors (Lipinski definition) is 1. The number of nitrogens with one attached hydrogen (secondary N) is 1. The Bertz CT molecular complexity index is 1060. The van der Waals surface area contributed by atoms with E-state index >= 15 is 0 Å². The predicted molar refractivity (Wildman–Crippen MR) is 91.9 cm³/mol. The smallest absolute Gasteiger partial charge is 0.352 e. The third-order valence-electron chi connectivity index (χ3n) is 4.35. The summed E-state index contributed by atoms with van der Waals surface area (Å²) >= 11 is 0. The molecule has 1 N–H and O–H groups in total. The van der Waals surface area contributed by atoms with Crippen LogP contribution in [-0.4, -0.2) is 25.5 Å². The Labute approximate surface area is 157 Å². The van der Waals surface area contributed by atoms with Gasteiger partial charge >= 0.3 is 6.18 Å². The number of nitrogens with zero attached hydrogens (tertiary/aromatic N) is 4. The molecule has 0 aliphatic rings. The molecular weight excluding hydrogens is 378 g/mol. The Kier molecular flexibility index (Phi) is 5.05. The second-order valence-corrected chi connectivity index (χ2v) is 6.44. The number of alkyl halides is 3. The van der Waals surface area contributed by atoms with Gasteiger partial charge in [0.1, 0.15) is 5.82 Å². The molecule has 3 rings (SSSR count). The van der Waals surface area contributed by atoms with Crippen LogP contribution in [0.2, 0.25) is 0 Å². The number of fused-ring (bicyclic) bond motifs is 1. The van der Waals surface area contributed by atoms with Crippen LogP contribution in [0.25, 0.3) is 5.78 Å². The molecule has 3 aromatic rings. The number of benzene rings is 1. The summed E-state index contributed by atoms with van der Waals surface area (Å²) in [4.78, 5) is 19.7. The first-order valence-electron chi connectivity index (χ1n) is 8.38. The highest BCUT2D eigenvalue weighted by molar-refractivity contribution is 5.79. The minimum atomic E-state index is -4.68. The zero-order chi connectivity index (χ0) is 20.6. The molecule has 1 amide bonds. The van der Waals surface area contributed by atoms with E-state index in [4.69, 9.17) is 0 Å². The van der Waals surface area contributed by atoms with Crippen molar-refractivity contribution in [2.24, 2.45) is 0 Å². The van der Waals surface area contributed by atoms with E-state index in [1.165, 1.54) is 6.07 Å². The van der Waals surface area contributed by atoms with E-state index in [2.05, 4.69) is 20.4 Å². The zero-order valence-corrected chi connectivity index (χ0v) is 15.4. The molecule has 0 aliphatic carbocycles. The highest BCUT2D eigenvalue weighted by Gasteiger charge is 2.37. The topological polar surface area (TPSA) is 72.2 Å². The highest BCUT2D eigenvalue weighted by atomic mass is 19.4. The third kappa shape index (κ3) is 3.95. The Balaban J connectivity index is 1.79. The number of carbonyl (C=O) groups excluding carboxylic acids is 1. The average Bonchev–Trinajstić information content (AvgIpc) is 3.04. The lowest BCUT2D eigenvalue weighted by molar-refractivity contribution is -0.144. The summed E-state index contributed by atoms with van der Waals surface area (Å²) in [6.45, 7) is 4.99. The molecule has 0 unspecified atom stereocenters. The van der Waals surface area contributed by atoms with Crippen LogP contribution >= 0.6 is 0 Å². The Hall–Kier alpha value is -3.04. The van der Waals surface area contributed by atoms with Gasteiger partial charge < -0.3 is 5.32 Å². The molecule has 0 radical (unpaired) electrons. The van der Waals surface area contributed by atoms with Crippen LogP contribution in [0.1, 0.15) is 33.9 Å². The highest BCUT2D eigenvalue weighted by Crippen LogP contribution is 2.27. The first-order chi connectivity index (χ1) is 13.1. The predicted octanol–water partition coefficient (Wildman–Crippen LogP) is 3.07. The van der Waals surface area contributed by atoms with Gasteiger partial charge in [-0.15, -0.1) is 5.10 Å². The van der Waals surface area contributed by atoms with Crippen molar-refractivity contribution in [1.82, 2.24) is 24.9 Å². The Morgan fingerprint density at radius 3 is 2.54 bits per heavy atom. The molecule has 148 valence electrons. The van der Waals surface area contributed by atoms with Crippen LogP contribution in [0.3, 0.4) is 0 Å². The number of hydrogen-bond acceptors (Lipinski definition) is 4. The van der Waals surface area contributed by atoms with Gasteiger partial charge in [-0.3, -0.25) is 4.79 Å². The summed E-state index contributed by atoms with van der Waals surface area (Å²) in [7, 11) is 0. The Morgan fingerprint density at radius 2 is 1.89 bits per heavy atom. The molecule has 0 spiro atoms. The molecule has 0 bridgehead atoms. The van der Waals surface area contributed by atoms with Crippen LogP contribution < -0.4 is 5.32 Å². The zero-order valence-electron chi connectivity index (χ0n) is 15.4. The van der Waals surface area contributed by atoms with E-state index in [0.29, 0.717) is 22.5 Å². The second kappa shape index (κ2) is 7.17. The monoisotopic (exact) mass is 395 g/mol. The van der Waals surface area contributed by atoms with E-state index in [-0.39, 0.29) is 30.5 Å². The van der Waals surface area contributed by atoms with Crippen LogP contribution in [0.15, 0.2) is 18.2 Å². The third-order valence-corrected chi connectivity index (χ3v) is 4.35. The maximum Gasteiger partial charge on any atom is 0.453 e. The molecule has 2 aromatic heterocycles. The molecule has 10 heteroatoms. The van der Waals surface area contributed by atoms with Gasteiger partial charge in [0, 0.05) is 23.5 Å². The minimum Gasteiger partial charge on any atom is -0.352 e. The fourth-order valence-electron chi connectivity index (χ4n) is 2.82. The quantitative estimate of drug-likeness (QED) is 0.690. The summed E-state index contributed by atoms with van der Waals surface area (Å²) in [6.07, 6.45) is -4.76. The SMILES string of the molecule is Cc1cc(CNC(=O)Cc2c(C)nc3nc(C(F)(F)F)nn3c2C)ccc1F. The lowest BCUT2D eigenvalue weighted by atomic mass is 10.1. The van der Waals surface area contributed by atoms with Crippen LogP contribution in [0.5, 0.6) is 0 Å². The van der Waals surface area contributed by atoms with Gasteiger partial charge in [-0.05, 0) is 38.0 Å². The van der Waals surface area contributed by atoms with E-state index in [1.807, 2.05) is 0 Å². The minimum absolute atomic E-state index is 0.0814. The molecule has 0 saturated heterocycles. The van der Waals surface area contributed by atoms with Gasteiger partial charge in [0.15, 0.2) is 0 Å². The van der Waals surface area contributed by atoms with Crippen molar-refractivity contribution in [2.45, 2.75) is 39.9 Å². The number of aryl methyl sites for hydroxylation is 3. The molecule has 0 fully saturated rings. The fraction of sp³-hybridized carbons (Fsp3) is 0.333. The lowest BCUT2D eigenvalue weighted by Gasteiger charge is -2.11. The van der Waals surface area contributed by atoms with Crippen LogP contribution in [0, 0.1) is 26.6 Å². The van der Waals surface area contributed by atoms with E-state index in [0.717, 1.165) is 10.1 Å². The van der Waals surface area contributed by atoms with Crippen molar-refractivity contribution < 1.29 is 22.4 Å². The molecule has 2 heterocycles. The van der Waals surface area contributed by atoms with Crippen molar-refractivity contribution in [3.8, 4) is 0 Å². The standard InChI is InChI=1S/C18H17F4N5O/c1-9-6-12(4-5-14(9)19)8-23-15(28)7-13-10(2)24-17-25-16(18(20,21)22)26-27(17)11(13)3/h4-6H,7-8H2,1-3H3,(H,23,28). The number of amides is 1. The second-order valence-electron chi connectivity index (χ2n) is 6.44. The van der Waals surface area contributed by atoms with Crippen molar-refractivity contribution in [2.75, 3.05) is 0 Å². The summed E-state index contributed by atoms with van der Waals surface area (Å²) in [5.41, 5.74) is 2.44. The molecule has 6 nitrogen and oxygen atoms in total. The largest absolute Gasteiger partial charge is 0.453 e. The molecule has 28 heavy (non-hydrogen) atoms. The average molecular weight is 395 g/mol. The summed E-state index contributed by atoms with van der Waals surface area (Å²) in [6, 6.07) is 4.53. The van der Waals surface area contributed by atoms with E-state index in [9.17, 15) is 22.4 Å². The van der Waals surface area contributed by atoms with Gasteiger partial charge in [0.25, 0.3) is 11.6 Å². The summed E-state index contributed by atoms with van der Waals surface area (Å²) in [5.74, 6) is -2.12. The van der Waals surface area contributed by atoms with E-state index in [1.54, 1.807) is 32.9 Å². The van der Waals surface area contributed by atoms with Gasteiger partial charge in [-0.25, -0.2) is 13.9 Å². The number of carbonyl (C=O) groups is 1. The number of rotatable bonds is 4. The maximum atomic E-state index is 13.3. The van der Waals surface area contributed by atoms with Gasteiger partial charge in [0.2, 0.25) is 5.91 Å². The number of halogens is 4. The first-order valence-corrected chi connectivity index (χ1v) is 8.38. The summed E-state index contributed by atoms with van der Waals surface area (Å²) < 4.78 is 52.8. The van der Waals surface area contributed by atoms with Crippen molar-refractivity contribution in [1.29, 1.82) is 0 Å². The van der Waals surface area contributed by atoms with Crippen molar-refractivity contribution in [3.63, 3.8) is 0 Å². The first kappa shape index (κ1) is 19.7.